The van der Waals surface area contributed by atoms with Crippen molar-refractivity contribution in [2.75, 3.05) is 7.11 Å². The Kier molecular flexibility index (Phi) is 5.32. The van der Waals surface area contributed by atoms with Gasteiger partial charge in [0, 0.05) is 17.6 Å². The lowest BCUT2D eigenvalue weighted by Gasteiger charge is -2.12. The molecule has 0 spiro atoms. The van der Waals surface area contributed by atoms with Gasteiger partial charge in [0.15, 0.2) is 5.78 Å². The number of carbonyl (C=O) groups excluding carboxylic acids is 2. The highest BCUT2D eigenvalue weighted by atomic mass is 16.5. The molecule has 1 aliphatic rings. The number of methoxy groups -OCH3 is 1. The van der Waals surface area contributed by atoms with Crippen molar-refractivity contribution in [3.63, 3.8) is 0 Å². The Balaban J connectivity index is 2.06. The van der Waals surface area contributed by atoms with E-state index in [9.17, 15) is 9.59 Å². The van der Waals surface area contributed by atoms with Gasteiger partial charge in [-0.05, 0) is 56.2 Å². The second-order valence-electron chi connectivity index (χ2n) is 5.14. The smallest absolute Gasteiger partial charge is 0.337 e. The van der Waals surface area contributed by atoms with Crippen LogP contribution in [0.4, 0.5) is 0 Å². The molecule has 0 aliphatic heterocycles. The number of hydrogen-bond donors (Lipinski definition) is 0. The van der Waals surface area contributed by atoms with Crippen LogP contribution in [0.25, 0.3) is 0 Å². The van der Waals surface area contributed by atoms with Crippen LogP contribution in [0.1, 0.15) is 42.1 Å². The molecule has 0 unspecified atom stereocenters. The van der Waals surface area contributed by atoms with Crippen LogP contribution in [0.2, 0.25) is 0 Å². The van der Waals surface area contributed by atoms with Crippen molar-refractivity contribution in [2.45, 2.75) is 26.2 Å². The molecule has 0 heterocycles. The number of hydrogen-bond acceptors (Lipinski definition) is 3. The summed E-state index contributed by atoms with van der Waals surface area (Å²) < 4.78 is 4.64. The van der Waals surface area contributed by atoms with Crippen LogP contribution in [0.15, 0.2) is 47.6 Å². The van der Waals surface area contributed by atoms with E-state index < -0.39 is 0 Å². The normalized spacial score (nSPS) is 14.7. The minimum absolute atomic E-state index is 0.198. The highest BCUT2D eigenvalue weighted by Gasteiger charge is 2.14. The van der Waals surface area contributed by atoms with E-state index >= 15 is 0 Å². The lowest BCUT2D eigenvalue weighted by Crippen LogP contribution is -2.08. The van der Waals surface area contributed by atoms with Crippen molar-refractivity contribution in [1.29, 1.82) is 0 Å². The van der Waals surface area contributed by atoms with E-state index in [1.54, 1.807) is 36.4 Å². The Morgan fingerprint density at radius 1 is 1.23 bits per heavy atom. The zero-order valence-corrected chi connectivity index (χ0v) is 12.8. The first-order valence-electron chi connectivity index (χ1n) is 7.21. The third kappa shape index (κ3) is 3.95. The van der Waals surface area contributed by atoms with Gasteiger partial charge in [0.05, 0.1) is 12.7 Å². The quantitative estimate of drug-likeness (QED) is 0.620. The lowest BCUT2D eigenvalue weighted by atomic mass is 9.91. The monoisotopic (exact) mass is 294 g/mol. The second-order valence-corrected chi connectivity index (χ2v) is 5.14. The van der Waals surface area contributed by atoms with E-state index in [4.69, 9.17) is 0 Å². The molecule has 112 valence electrons. The summed E-state index contributed by atoms with van der Waals surface area (Å²) in [4.78, 5) is 23.1. The molecule has 3 heteroatoms. The van der Waals surface area contributed by atoms with E-state index in [-0.39, 0.29) is 11.8 Å². The number of ketones is 1. The van der Waals surface area contributed by atoms with Gasteiger partial charge in [-0.25, -0.2) is 4.79 Å². The van der Waals surface area contributed by atoms with Gasteiger partial charge in [0.1, 0.15) is 0 Å². The van der Waals surface area contributed by atoms with Gasteiger partial charge in [-0.15, -0.1) is 0 Å². The molecule has 0 atom stereocenters. The molecule has 2 rings (SSSR count). The minimum atomic E-state index is -0.363. The molecule has 0 radical (unpaired) electrons. The molecule has 0 saturated carbocycles. The number of carbonyl (C=O) groups is 2. The molecule has 0 fully saturated rings. The summed E-state index contributed by atoms with van der Waals surface area (Å²) in [6, 6.07) is 6.89. The molecule has 3 nitrogen and oxygen atoms in total. The first kappa shape index (κ1) is 15.8. The summed E-state index contributed by atoms with van der Waals surface area (Å²) in [7, 11) is 1.35. The summed E-state index contributed by atoms with van der Waals surface area (Å²) in [6.45, 7) is 2.00. The van der Waals surface area contributed by atoms with Gasteiger partial charge < -0.3 is 4.74 Å². The average molecular weight is 294 g/mol. The number of benzene rings is 1. The number of allylic oxidation sites excluding steroid dienone is 4. The molecule has 0 saturated heterocycles. The number of esters is 1. The highest BCUT2D eigenvalue weighted by molar-refractivity contribution is 5.99. The first-order valence-corrected chi connectivity index (χ1v) is 7.21. The minimum Gasteiger partial charge on any atom is -0.465 e. The summed E-state index contributed by atoms with van der Waals surface area (Å²) in [6.07, 6.45) is 6.05. The predicted molar refractivity (Wildman–Crippen MR) is 85.4 cm³/mol. The maximum atomic E-state index is 11.8. The molecule has 0 amide bonds. The molecule has 0 bridgehead atoms. The largest absolute Gasteiger partial charge is 0.465 e. The molecule has 1 aromatic carbocycles. The van der Waals surface area contributed by atoms with Gasteiger partial charge in [-0.1, -0.05) is 17.4 Å². The number of ether oxygens (including phenoxy) is 1. The maximum Gasteiger partial charge on any atom is 0.337 e. The van der Waals surface area contributed by atoms with E-state index in [2.05, 4.69) is 16.6 Å². The van der Waals surface area contributed by atoms with Crippen molar-refractivity contribution in [2.24, 2.45) is 0 Å². The van der Waals surface area contributed by atoms with Gasteiger partial charge in [0.25, 0.3) is 0 Å². The Morgan fingerprint density at radius 2 is 1.95 bits per heavy atom. The van der Waals surface area contributed by atoms with Crippen LogP contribution < -0.4 is 0 Å². The molecule has 0 N–H and O–H groups in total. The summed E-state index contributed by atoms with van der Waals surface area (Å²) in [5, 5.41) is 0. The third-order valence-corrected chi connectivity index (χ3v) is 3.57. The maximum absolute atomic E-state index is 11.8. The molecule has 0 aromatic heterocycles. The summed E-state index contributed by atoms with van der Waals surface area (Å²) in [5.41, 5.74) is 3.23. The van der Waals surface area contributed by atoms with Crippen molar-refractivity contribution in [1.82, 2.24) is 0 Å². The van der Waals surface area contributed by atoms with Crippen molar-refractivity contribution in [3.05, 3.63) is 58.7 Å². The van der Waals surface area contributed by atoms with Gasteiger partial charge in [0.2, 0.25) is 0 Å². The Labute approximate surface area is 130 Å². The van der Waals surface area contributed by atoms with Gasteiger partial charge >= 0.3 is 5.97 Å². The summed E-state index contributed by atoms with van der Waals surface area (Å²) in [5.74, 6) is 5.73. The Hall–Kier alpha value is -2.60. The van der Waals surface area contributed by atoms with Crippen LogP contribution in [-0.2, 0) is 9.53 Å². The van der Waals surface area contributed by atoms with Crippen LogP contribution in [0.3, 0.4) is 0 Å². The molecular weight excluding hydrogens is 276 g/mol. The first-order chi connectivity index (χ1) is 10.6. The zero-order chi connectivity index (χ0) is 15.9. The predicted octanol–water partition coefficient (Wildman–Crippen LogP) is 3.45. The fourth-order valence-corrected chi connectivity index (χ4v) is 2.31. The zero-order valence-electron chi connectivity index (χ0n) is 12.8. The van der Waals surface area contributed by atoms with E-state index in [1.807, 2.05) is 6.92 Å². The number of Topliss-reactive ketones (excluding diaryl/α,β-unsaturated/α-hetero) is 1. The Bertz CT molecular complexity index is 694. The van der Waals surface area contributed by atoms with Crippen molar-refractivity contribution < 1.29 is 14.3 Å². The van der Waals surface area contributed by atoms with Crippen LogP contribution >= 0.6 is 0 Å². The topological polar surface area (TPSA) is 43.4 Å². The second kappa shape index (κ2) is 7.42. The fraction of sp³-hybridized carbons (Fsp3) is 0.263. The molecule has 22 heavy (non-hydrogen) atoms. The molecule has 1 aliphatic carbocycles. The molecule has 1 aromatic rings. The molecular formula is C19H18O3. The van der Waals surface area contributed by atoms with Crippen LogP contribution in [0, 0.1) is 11.8 Å². The SMILES string of the molecule is COC(=O)c1ccc(C#C/C=C/C2=C(C)CCCC2=O)cc1. The number of rotatable bonds is 2. The lowest BCUT2D eigenvalue weighted by molar-refractivity contribution is -0.115. The Morgan fingerprint density at radius 3 is 2.59 bits per heavy atom. The van der Waals surface area contributed by atoms with Crippen molar-refractivity contribution >= 4 is 11.8 Å². The van der Waals surface area contributed by atoms with Gasteiger partial charge in [-0.2, -0.15) is 0 Å². The average Bonchev–Trinajstić information content (AvgIpc) is 2.53. The van der Waals surface area contributed by atoms with Crippen LogP contribution in [-0.4, -0.2) is 18.9 Å². The fourth-order valence-electron chi connectivity index (χ4n) is 2.31. The van der Waals surface area contributed by atoms with Crippen molar-refractivity contribution in [3.8, 4) is 11.8 Å². The summed E-state index contributed by atoms with van der Waals surface area (Å²) >= 11 is 0. The van der Waals surface area contributed by atoms with E-state index in [0.29, 0.717) is 12.0 Å². The van der Waals surface area contributed by atoms with E-state index in [0.717, 1.165) is 29.6 Å². The standard InChI is InChI=1S/C19H18O3/c1-14-6-5-9-18(20)17(14)8-4-3-7-15-10-12-16(13-11-15)19(21)22-2/h4,8,10-13H,5-6,9H2,1-2H3/b8-4+. The highest BCUT2D eigenvalue weighted by Crippen LogP contribution is 2.22. The van der Waals surface area contributed by atoms with E-state index in [1.165, 1.54) is 7.11 Å². The van der Waals surface area contributed by atoms with Crippen LogP contribution in [0.5, 0.6) is 0 Å². The van der Waals surface area contributed by atoms with Gasteiger partial charge in [-0.3, -0.25) is 4.79 Å². The third-order valence-electron chi connectivity index (χ3n) is 3.57.